The van der Waals surface area contributed by atoms with E-state index in [0.29, 0.717) is 29.8 Å². The van der Waals surface area contributed by atoms with E-state index in [2.05, 4.69) is 25.9 Å². The molecular weight excluding hydrogens is 491 g/mol. The third-order valence-electron chi connectivity index (χ3n) is 6.52. The van der Waals surface area contributed by atoms with Gasteiger partial charge in [0, 0.05) is 34.1 Å². The van der Waals surface area contributed by atoms with Crippen LogP contribution in [0.1, 0.15) is 61.3 Å². The highest BCUT2D eigenvalue weighted by molar-refractivity contribution is 5.94. The molecule has 0 atom stereocenters. The number of hydrogen-bond donors (Lipinski definition) is 5. The Bertz CT molecular complexity index is 1310. The van der Waals surface area contributed by atoms with Gasteiger partial charge >= 0.3 is 5.97 Å². The number of carboxylic acid groups (broad SMARTS) is 1. The number of anilines is 4. The van der Waals surface area contributed by atoms with Crippen molar-refractivity contribution >= 4 is 35.0 Å². The van der Waals surface area contributed by atoms with E-state index in [1.54, 1.807) is 36.4 Å². The Kier molecular flexibility index (Phi) is 7.34. The number of carbonyl (C=O) groups excluding carboxylic acids is 1. The van der Waals surface area contributed by atoms with Crippen LogP contribution in [0.15, 0.2) is 54.7 Å². The maximum absolute atomic E-state index is 14.4. The van der Waals surface area contributed by atoms with E-state index >= 15 is 0 Å². The molecule has 2 aromatic carbocycles. The summed E-state index contributed by atoms with van der Waals surface area (Å²) in [7, 11) is 0. The predicted molar refractivity (Wildman–Crippen MR) is 141 cm³/mol. The topological polar surface area (TPSA) is 140 Å². The molecule has 4 rings (SSSR count). The fourth-order valence-corrected chi connectivity index (χ4v) is 4.82. The van der Waals surface area contributed by atoms with E-state index in [9.17, 15) is 19.2 Å². The molecule has 2 heterocycles. The molecule has 1 amide bonds. The van der Waals surface area contributed by atoms with Crippen LogP contribution in [0.3, 0.4) is 0 Å². The standard InChI is InChI=1S/C27H31FN6O4/c1-26(2)13-20(14-27(3,4)34(26)38)31-23(35)16-5-9-18(10-6-16)30-22-21(28)15-29-25(33-22)32-19-11-7-17(8-12-19)24(36)37/h5-12,15,20,38H,13-14H2,1-4H3,(H,31,35)(H,36,37)(H2,29,30,32,33). The summed E-state index contributed by atoms with van der Waals surface area (Å²) >= 11 is 0. The quantitative estimate of drug-likeness (QED) is 0.292. The van der Waals surface area contributed by atoms with Crippen molar-refractivity contribution in [1.82, 2.24) is 20.3 Å². The molecule has 0 bridgehead atoms. The van der Waals surface area contributed by atoms with Gasteiger partial charge in [-0.15, -0.1) is 0 Å². The first-order chi connectivity index (χ1) is 17.8. The third kappa shape index (κ3) is 6.06. The Labute approximate surface area is 219 Å². The first-order valence-corrected chi connectivity index (χ1v) is 12.1. The highest BCUT2D eigenvalue weighted by Gasteiger charge is 2.45. The predicted octanol–water partition coefficient (Wildman–Crippen LogP) is 4.94. The van der Waals surface area contributed by atoms with Crippen molar-refractivity contribution < 1.29 is 24.3 Å². The zero-order chi connectivity index (χ0) is 27.7. The second-order valence-corrected chi connectivity index (χ2v) is 10.6. The minimum Gasteiger partial charge on any atom is -0.478 e. The number of amides is 1. The number of hydrogen-bond acceptors (Lipinski definition) is 8. The number of aromatic carboxylic acids is 1. The van der Waals surface area contributed by atoms with E-state index in [1.807, 2.05) is 27.7 Å². The van der Waals surface area contributed by atoms with Crippen LogP contribution in [0.25, 0.3) is 0 Å². The Morgan fingerprint density at radius 2 is 1.45 bits per heavy atom. The summed E-state index contributed by atoms with van der Waals surface area (Å²) in [6.07, 6.45) is 2.22. The number of rotatable bonds is 7. The molecule has 5 N–H and O–H groups in total. The number of hydroxylamine groups is 2. The fourth-order valence-electron chi connectivity index (χ4n) is 4.82. The summed E-state index contributed by atoms with van der Waals surface area (Å²) in [6.45, 7) is 7.76. The smallest absolute Gasteiger partial charge is 0.335 e. The Morgan fingerprint density at radius 1 is 0.921 bits per heavy atom. The van der Waals surface area contributed by atoms with E-state index in [4.69, 9.17) is 5.11 Å². The van der Waals surface area contributed by atoms with Crippen molar-refractivity contribution in [3.8, 4) is 0 Å². The number of aromatic nitrogens is 2. The van der Waals surface area contributed by atoms with Crippen LogP contribution in [0, 0.1) is 5.82 Å². The lowest BCUT2D eigenvalue weighted by Gasteiger charge is -2.51. The van der Waals surface area contributed by atoms with Crippen molar-refractivity contribution in [3.63, 3.8) is 0 Å². The third-order valence-corrected chi connectivity index (χ3v) is 6.52. The molecule has 200 valence electrons. The molecular formula is C27H31FN6O4. The molecule has 1 saturated heterocycles. The van der Waals surface area contributed by atoms with Gasteiger partial charge in [-0.1, -0.05) is 0 Å². The summed E-state index contributed by atoms with van der Waals surface area (Å²) in [4.78, 5) is 32.0. The number of carboxylic acids is 1. The molecule has 0 aliphatic carbocycles. The highest BCUT2D eigenvalue weighted by atomic mass is 19.1. The molecule has 0 unspecified atom stereocenters. The van der Waals surface area contributed by atoms with E-state index in [1.165, 1.54) is 17.2 Å². The fraction of sp³-hybridized carbons (Fsp3) is 0.333. The summed E-state index contributed by atoms with van der Waals surface area (Å²) in [6, 6.07) is 12.5. The number of nitrogens with zero attached hydrogens (tertiary/aromatic N) is 3. The lowest BCUT2D eigenvalue weighted by atomic mass is 9.79. The van der Waals surface area contributed by atoms with Gasteiger partial charge in [-0.25, -0.2) is 14.2 Å². The first-order valence-electron chi connectivity index (χ1n) is 12.1. The highest BCUT2D eigenvalue weighted by Crippen LogP contribution is 2.36. The summed E-state index contributed by atoms with van der Waals surface area (Å²) in [5.41, 5.74) is 0.687. The van der Waals surface area contributed by atoms with Crippen LogP contribution >= 0.6 is 0 Å². The molecule has 1 aliphatic rings. The zero-order valence-corrected chi connectivity index (χ0v) is 21.6. The zero-order valence-electron chi connectivity index (χ0n) is 21.6. The van der Waals surface area contributed by atoms with Gasteiger partial charge < -0.3 is 26.3 Å². The SMILES string of the molecule is CC1(C)CC(NC(=O)c2ccc(Nc3nc(Nc4ccc(C(=O)O)cc4)ncc3F)cc2)CC(C)(C)N1O. The molecule has 10 nitrogen and oxygen atoms in total. The molecule has 0 radical (unpaired) electrons. The van der Waals surface area contributed by atoms with Crippen molar-refractivity contribution in [2.75, 3.05) is 10.6 Å². The van der Waals surface area contributed by atoms with Crippen LogP contribution in [0.2, 0.25) is 0 Å². The number of nitrogens with one attached hydrogen (secondary N) is 3. The Balaban J connectivity index is 1.40. The summed E-state index contributed by atoms with van der Waals surface area (Å²) in [5, 5.41) is 29.7. The second-order valence-electron chi connectivity index (χ2n) is 10.6. The normalized spacial score (nSPS) is 17.0. The monoisotopic (exact) mass is 522 g/mol. The van der Waals surface area contributed by atoms with E-state index < -0.39 is 22.9 Å². The van der Waals surface area contributed by atoms with Gasteiger partial charge in [-0.2, -0.15) is 10.0 Å². The van der Waals surface area contributed by atoms with Crippen LogP contribution in [-0.4, -0.2) is 54.3 Å². The molecule has 3 aromatic rings. The largest absolute Gasteiger partial charge is 0.478 e. The molecule has 1 aromatic heterocycles. The van der Waals surface area contributed by atoms with Gasteiger partial charge in [-0.05, 0) is 89.1 Å². The van der Waals surface area contributed by atoms with Crippen LogP contribution < -0.4 is 16.0 Å². The van der Waals surface area contributed by atoms with Crippen LogP contribution in [0.5, 0.6) is 0 Å². The average molecular weight is 523 g/mol. The van der Waals surface area contributed by atoms with Crippen molar-refractivity contribution in [2.45, 2.75) is 57.7 Å². The molecule has 1 fully saturated rings. The summed E-state index contributed by atoms with van der Waals surface area (Å²) in [5.74, 6) is -1.88. The Hall–Kier alpha value is -4.09. The number of piperidine rings is 1. The average Bonchev–Trinajstić information content (AvgIpc) is 2.85. The van der Waals surface area contributed by atoms with Crippen LogP contribution in [0.4, 0.5) is 27.5 Å². The number of carbonyl (C=O) groups is 2. The Morgan fingerprint density at radius 3 is 2.00 bits per heavy atom. The molecule has 1 aliphatic heterocycles. The van der Waals surface area contributed by atoms with E-state index in [-0.39, 0.29) is 29.3 Å². The maximum atomic E-state index is 14.4. The molecule has 0 saturated carbocycles. The van der Waals surface area contributed by atoms with Gasteiger partial charge in [-0.3, -0.25) is 4.79 Å². The van der Waals surface area contributed by atoms with Crippen molar-refractivity contribution in [2.24, 2.45) is 0 Å². The molecule has 38 heavy (non-hydrogen) atoms. The summed E-state index contributed by atoms with van der Waals surface area (Å²) < 4.78 is 14.4. The lowest BCUT2D eigenvalue weighted by Crippen LogP contribution is -2.62. The second kappa shape index (κ2) is 10.3. The van der Waals surface area contributed by atoms with Crippen molar-refractivity contribution in [3.05, 3.63) is 71.7 Å². The van der Waals surface area contributed by atoms with Gasteiger partial charge in [0.15, 0.2) is 11.6 Å². The minimum atomic E-state index is -1.04. The minimum absolute atomic E-state index is 0.0675. The van der Waals surface area contributed by atoms with Gasteiger partial charge in [0.2, 0.25) is 5.95 Å². The van der Waals surface area contributed by atoms with Gasteiger partial charge in [0.25, 0.3) is 5.91 Å². The van der Waals surface area contributed by atoms with Crippen LogP contribution in [-0.2, 0) is 0 Å². The van der Waals surface area contributed by atoms with Crippen molar-refractivity contribution in [1.29, 1.82) is 0 Å². The maximum Gasteiger partial charge on any atom is 0.335 e. The van der Waals surface area contributed by atoms with Gasteiger partial charge in [0.1, 0.15) is 0 Å². The molecule has 11 heteroatoms. The lowest BCUT2D eigenvalue weighted by molar-refractivity contribution is -0.245. The van der Waals surface area contributed by atoms with E-state index in [0.717, 1.165) is 6.20 Å². The number of halogens is 1. The number of benzene rings is 2. The molecule has 0 spiro atoms. The van der Waals surface area contributed by atoms with Gasteiger partial charge in [0.05, 0.1) is 11.8 Å². The first kappa shape index (κ1) is 27.0.